The molecule has 0 aromatic heterocycles. The second-order valence-corrected chi connectivity index (χ2v) is 8.86. The molecule has 0 aromatic carbocycles. The Kier molecular flexibility index (Phi) is 72.3. The third-order valence-corrected chi connectivity index (χ3v) is 2.33. The van der Waals surface area contributed by atoms with Gasteiger partial charge < -0.3 is 0 Å². The van der Waals surface area contributed by atoms with Gasteiger partial charge in [-0.3, -0.25) is 9.98 Å². The minimum Gasteiger partial charge on any atom is -0.289 e. The fourth-order valence-electron chi connectivity index (χ4n) is 1.49. The maximum atomic E-state index is 3.85. The summed E-state index contributed by atoms with van der Waals surface area (Å²) in [7, 11) is 0. The first-order valence-corrected chi connectivity index (χ1v) is 14.0. The predicted molar refractivity (Wildman–Crippen MR) is 163 cm³/mol. The molecule has 2 nitrogen and oxygen atoms in total. The molecule has 0 radical (unpaired) electrons. The maximum absolute atomic E-state index is 3.85. The van der Waals surface area contributed by atoms with E-state index in [1.807, 2.05) is 66.0 Å². The Bertz CT molecular complexity index is 285. The molecule has 0 amide bonds. The monoisotopic (exact) mass is 469 g/mol. The Labute approximate surface area is 213 Å². The first-order valence-electron chi connectivity index (χ1n) is 14.0. The van der Waals surface area contributed by atoms with Crippen LogP contribution < -0.4 is 0 Å². The lowest BCUT2D eigenvalue weighted by atomic mass is 10.3. The van der Waals surface area contributed by atoms with Crippen LogP contribution >= 0.6 is 0 Å². The SMILES string of the molecule is C1=CCN=C1.C1=CN=CC1.C1CCCC1.CC.CC.CC.CC(C)C.CC(C)C.CC(C)C. The van der Waals surface area contributed by atoms with Gasteiger partial charge in [0.25, 0.3) is 0 Å². The summed E-state index contributed by atoms with van der Waals surface area (Å²) in [6, 6.07) is 0. The van der Waals surface area contributed by atoms with Crippen LogP contribution in [0.1, 0.15) is 142 Å². The van der Waals surface area contributed by atoms with Crippen molar-refractivity contribution in [1.82, 2.24) is 0 Å². The van der Waals surface area contributed by atoms with Crippen molar-refractivity contribution in [2.45, 2.75) is 142 Å². The lowest BCUT2D eigenvalue weighted by molar-refractivity contribution is 0.736. The van der Waals surface area contributed by atoms with Gasteiger partial charge >= 0.3 is 0 Å². The standard InChI is InChI=1S/C5H10.2C4H5N.3C4H10.3C2H6/c3*1-2-4-5-3-1;3*1-4(2)3;3*1-2/h1-5H2;1,3-4H,2H2;1-3H,4H2;3*4H,1-3H3;3*1-2H3. The van der Waals surface area contributed by atoms with Gasteiger partial charge in [-0.2, -0.15) is 0 Å². The highest BCUT2D eigenvalue weighted by molar-refractivity contribution is 5.73. The van der Waals surface area contributed by atoms with Crippen molar-refractivity contribution < 1.29 is 0 Å². The summed E-state index contributed by atoms with van der Waals surface area (Å²) < 4.78 is 0. The van der Waals surface area contributed by atoms with Crippen molar-refractivity contribution in [3.8, 4) is 0 Å². The summed E-state index contributed by atoms with van der Waals surface area (Å²) in [4.78, 5) is 7.62. The van der Waals surface area contributed by atoms with Crippen LogP contribution in [-0.4, -0.2) is 19.0 Å². The van der Waals surface area contributed by atoms with Crippen LogP contribution in [0.15, 0.2) is 34.4 Å². The van der Waals surface area contributed by atoms with Gasteiger partial charge in [0.05, 0.1) is 6.54 Å². The number of hydrogen-bond acceptors (Lipinski definition) is 2. The van der Waals surface area contributed by atoms with Gasteiger partial charge in [-0.05, 0) is 23.8 Å². The van der Waals surface area contributed by atoms with E-state index in [1.54, 1.807) is 12.4 Å². The molecule has 2 aliphatic heterocycles. The van der Waals surface area contributed by atoms with E-state index in [1.165, 1.54) is 32.1 Å². The highest BCUT2D eigenvalue weighted by atomic mass is 14.7. The second kappa shape index (κ2) is 52.6. The minimum absolute atomic E-state index is 0.833. The molecule has 0 saturated heterocycles. The van der Waals surface area contributed by atoms with E-state index in [4.69, 9.17) is 0 Å². The highest BCUT2D eigenvalue weighted by Gasteiger charge is 1.95. The van der Waals surface area contributed by atoms with Crippen LogP contribution in [0.2, 0.25) is 0 Å². The smallest absolute Gasteiger partial charge is 0.0573 e. The third-order valence-electron chi connectivity index (χ3n) is 2.33. The van der Waals surface area contributed by atoms with Crippen molar-refractivity contribution in [1.29, 1.82) is 0 Å². The van der Waals surface area contributed by atoms with E-state index < -0.39 is 0 Å². The molecule has 33 heavy (non-hydrogen) atoms. The number of aliphatic imine (C=N–C) groups is 2. The first-order chi connectivity index (χ1) is 15.7. The van der Waals surface area contributed by atoms with Crippen LogP contribution in [-0.2, 0) is 0 Å². The highest BCUT2D eigenvalue weighted by Crippen LogP contribution is 2.15. The number of rotatable bonds is 0. The zero-order chi connectivity index (χ0) is 27.3. The Hall–Kier alpha value is -1.18. The van der Waals surface area contributed by atoms with Gasteiger partial charge in [0, 0.05) is 25.0 Å². The third kappa shape index (κ3) is 134. The van der Waals surface area contributed by atoms with Crippen molar-refractivity contribution in [3.63, 3.8) is 0 Å². The largest absolute Gasteiger partial charge is 0.289 e. The number of hydrogen-bond donors (Lipinski definition) is 0. The molecule has 0 bridgehead atoms. The molecule has 1 saturated carbocycles. The Morgan fingerprint density at radius 1 is 0.545 bits per heavy atom. The molecule has 3 aliphatic rings. The molecule has 202 valence electrons. The maximum Gasteiger partial charge on any atom is 0.0573 e. The van der Waals surface area contributed by atoms with Crippen LogP contribution in [0, 0.1) is 17.8 Å². The zero-order valence-corrected chi connectivity index (χ0v) is 26.0. The normalized spacial score (nSPS) is 12.8. The van der Waals surface area contributed by atoms with Gasteiger partial charge in [0.15, 0.2) is 0 Å². The Morgan fingerprint density at radius 2 is 0.879 bits per heavy atom. The predicted octanol–water partition coefficient (Wildman–Crippen LogP) is 11.6. The molecular weight excluding hydrogens is 400 g/mol. The average molecular weight is 469 g/mol. The van der Waals surface area contributed by atoms with Gasteiger partial charge in [-0.15, -0.1) is 0 Å². The summed E-state index contributed by atoms with van der Waals surface area (Å²) in [6.07, 6.45) is 20.0. The minimum atomic E-state index is 0.833. The van der Waals surface area contributed by atoms with Crippen LogP contribution in [0.5, 0.6) is 0 Å². The van der Waals surface area contributed by atoms with E-state index in [2.05, 4.69) is 72.3 Å². The summed E-state index contributed by atoms with van der Waals surface area (Å²) >= 11 is 0. The summed E-state index contributed by atoms with van der Waals surface area (Å²) in [5, 5.41) is 0. The van der Waals surface area contributed by atoms with Gasteiger partial charge in [0.2, 0.25) is 0 Å². The molecule has 0 aromatic rings. The summed E-state index contributed by atoms with van der Waals surface area (Å²) in [5.41, 5.74) is 0. The van der Waals surface area contributed by atoms with E-state index in [-0.39, 0.29) is 0 Å². The fraction of sp³-hybridized carbons (Fsp3) is 0.806. The molecule has 1 fully saturated rings. The van der Waals surface area contributed by atoms with E-state index in [0.29, 0.717) is 0 Å². The van der Waals surface area contributed by atoms with Crippen molar-refractivity contribution in [3.05, 3.63) is 24.4 Å². The summed E-state index contributed by atoms with van der Waals surface area (Å²) in [5.74, 6) is 2.50. The van der Waals surface area contributed by atoms with E-state index >= 15 is 0 Å². The molecular formula is C31H68N2. The lowest BCUT2D eigenvalue weighted by Gasteiger charge is -1.79. The lowest BCUT2D eigenvalue weighted by Crippen LogP contribution is -1.66. The quantitative estimate of drug-likeness (QED) is 0.337. The van der Waals surface area contributed by atoms with Gasteiger partial charge in [0.1, 0.15) is 0 Å². The molecule has 3 rings (SSSR count). The molecule has 2 heteroatoms. The molecule has 0 N–H and O–H groups in total. The molecule has 0 spiro atoms. The molecule has 0 atom stereocenters. The number of allylic oxidation sites excluding steroid dienone is 2. The first kappa shape index (κ1) is 45.3. The van der Waals surface area contributed by atoms with E-state index in [0.717, 1.165) is 30.7 Å². The Balaban J connectivity index is -0.0000000636. The zero-order valence-electron chi connectivity index (χ0n) is 26.0. The van der Waals surface area contributed by atoms with Crippen LogP contribution in [0.3, 0.4) is 0 Å². The van der Waals surface area contributed by atoms with Crippen LogP contribution in [0.25, 0.3) is 0 Å². The van der Waals surface area contributed by atoms with Crippen molar-refractivity contribution in [2.75, 3.05) is 6.54 Å². The van der Waals surface area contributed by atoms with Crippen molar-refractivity contribution in [2.24, 2.45) is 27.7 Å². The number of nitrogens with zero attached hydrogens (tertiary/aromatic N) is 2. The van der Waals surface area contributed by atoms with Crippen molar-refractivity contribution >= 4 is 12.4 Å². The topological polar surface area (TPSA) is 24.7 Å². The Morgan fingerprint density at radius 3 is 0.970 bits per heavy atom. The molecule has 1 aliphatic carbocycles. The average Bonchev–Trinajstić information content (AvgIpc) is 3.59. The van der Waals surface area contributed by atoms with E-state index in [9.17, 15) is 0 Å². The summed E-state index contributed by atoms with van der Waals surface area (Å²) in [6.45, 7) is 32.4. The second-order valence-electron chi connectivity index (χ2n) is 8.86. The van der Waals surface area contributed by atoms with Crippen LogP contribution in [0.4, 0.5) is 0 Å². The molecule has 2 heterocycles. The molecule has 0 unspecified atom stereocenters. The fourth-order valence-corrected chi connectivity index (χ4v) is 1.49. The van der Waals surface area contributed by atoms with Gasteiger partial charge in [-0.1, -0.05) is 148 Å². The van der Waals surface area contributed by atoms with Gasteiger partial charge in [-0.25, -0.2) is 0 Å².